The van der Waals surface area contributed by atoms with Crippen molar-refractivity contribution in [3.63, 3.8) is 0 Å². The first kappa shape index (κ1) is 6.03. The summed E-state index contributed by atoms with van der Waals surface area (Å²) in [6.45, 7) is 0. The van der Waals surface area contributed by atoms with Crippen molar-refractivity contribution in [3.8, 4) is 11.3 Å². The first-order valence-electron chi connectivity index (χ1n) is 3.16. The molecule has 0 saturated carbocycles. The molecule has 0 saturated heterocycles. The predicted octanol–water partition coefficient (Wildman–Crippen LogP) is 0.270. The monoisotopic (exact) mass is 147 g/mol. The fraction of sp³-hybridized carbons (Fsp3) is 0. The van der Waals surface area contributed by atoms with E-state index in [0.717, 1.165) is 11.3 Å². The average molecular weight is 147 g/mol. The van der Waals surface area contributed by atoms with E-state index in [1.807, 2.05) is 0 Å². The fourth-order valence-electron chi connectivity index (χ4n) is 0.947. The quantitative estimate of drug-likeness (QED) is 0.581. The van der Waals surface area contributed by atoms with Crippen LogP contribution in [-0.2, 0) is 0 Å². The minimum Gasteiger partial charge on any atom is -0.322 e. The maximum absolute atomic E-state index is 10.8. The Morgan fingerprint density at radius 2 is 2.27 bits per heavy atom. The molecule has 2 aliphatic heterocycles. The van der Waals surface area contributed by atoms with Crippen LogP contribution in [0.1, 0.15) is 0 Å². The zero-order chi connectivity index (χ0) is 7.68. The van der Waals surface area contributed by atoms with Gasteiger partial charge in [0.2, 0.25) is 5.56 Å². The van der Waals surface area contributed by atoms with Gasteiger partial charge in [0.05, 0.1) is 18.1 Å². The number of nitrogens with zero attached hydrogens (tertiary/aromatic N) is 2. The van der Waals surface area contributed by atoms with Gasteiger partial charge in [0.15, 0.2) is 0 Å². The molecule has 4 heteroatoms. The number of H-pyrrole nitrogens is 1. The normalized spacial score (nSPS) is 10.2. The van der Waals surface area contributed by atoms with Gasteiger partial charge in [-0.1, -0.05) is 0 Å². The van der Waals surface area contributed by atoms with Gasteiger partial charge in [0.1, 0.15) is 0 Å². The number of hydrogen-bond donors (Lipinski definition) is 1. The highest BCUT2D eigenvalue weighted by Gasteiger charge is 2.01. The first-order valence-corrected chi connectivity index (χ1v) is 3.16. The lowest BCUT2D eigenvalue weighted by atomic mass is 10.3. The Kier molecular flexibility index (Phi) is 1.18. The molecule has 11 heavy (non-hydrogen) atoms. The third-order valence-corrected chi connectivity index (χ3v) is 1.43. The van der Waals surface area contributed by atoms with Crippen LogP contribution in [-0.4, -0.2) is 15.2 Å². The van der Waals surface area contributed by atoms with Gasteiger partial charge >= 0.3 is 0 Å². The van der Waals surface area contributed by atoms with Crippen LogP contribution in [0.3, 0.4) is 0 Å². The van der Waals surface area contributed by atoms with Crippen LogP contribution in [0.15, 0.2) is 29.3 Å². The van der Waals surface area contributed by atoms with E-state index in [-0.39, 0.29) is 5.56 Å². The minimum atomic E-state index is -0.104. The van der Waals surface area contributed by atoms with Crippen molar-refractivity contribution in [1.29, 1.82) is 0 Å². The van der Waals surface area contributed by atoms with Gasteiger partial charge in [-0.2, -0.15) is 10.2 Å². The largest absolute Gasteiger partial charge is 0.322 e. The van der Waals surface area contributed by atoms with Crippen LogP contribution in [0.4, 0.5) is 0 Å². The Morgan fingerprint density at radius 1 is 1.36 bits per heavy atom. The van der Waals surface area contributed by atoms with Crippen LogP contribution in [0.5, 0.6) is 0 Å². The molecule has 0 aliphatic carbocycles. The zero-order valence-electron chi connectivity index (χ0n) is 5.61. The van der Waals surface area contributed by atoms with Gasteiger partial charge in [-0.05, 0) is 6.07 Å². The molecule has 2 heterocycles. The van der Waals surface area contributed by atoms with Gasteiger partial charge in [-0.3, -0.25) is 4.79 Å². The maximum atomic E-state index is 10.8. The van der Waals surface area contributed by atoms with Crippen molar-refractivity contribution in [2.45, 2.75) is 0 Å². The summed E-state index contributed by atoms with van der Waals surface area (Å²) >= 11 is 0. The van der Waals surface area contributed by atoms with Crippen molar-refractivity contribution >= 4 is 0 Å². The van der Waals surface area contributed by atoms with E-state index in [0.29, 0.717) is 0 Å². The molecule has 1 N–H and O–H groups in total. The maximum Gasteiger partial charge on any atom is 0.249 e. The van der Waals surface area contributed by atoms with E-state index >= 15 is 0 Å². The molecule has 0 amide bonds. The van der Waals surface area contributed by atoms with Crippen LogP contribution < -0.4 is 5.56 Å². The highest BCUT2D eigenvalue weighted by molar-refractivity contribution is 5.58. The van der Waals surface area contributed by atoms with Crippen molar-refractivity contribution in [3.05, 3.63) is 34.9 Å². The lowest BCUT2D eigenvalue weighted by Crippen LogP contribution is -1.92. The predicted molar refractivity (Wildman–Crippen MR) is 39.3 cm³/mol. The number of rotatable bonds is 0. The summed E-state index contributed by atoms with van der Waals surface area (Å²) in [6.07, 6.45) is 3.09. The van der Waals surface area contributed by atoms with Gasteiger partial charge in [-0.15, -0.1) is 0 Å². The van der Waals surface area contributed by atoms with Crippen molar-refractivity contribution in [1.82, 2.24) is 15.2 Å². The van der Waals surface area contributed by atoms with Crippen LogP contribution in [0.2, 0.25) is 0 Å². The summed E-state index contributed by atoms with van der Waals surface area (Å²) in [5.41, 5.74) is 1.44. The fourth-order valence-corrected chi connectivity index (χ4v) is 0.947. The highest BCUT2D eigenvalue weighted by atomic mass is 16.1. The smallest absolute Gasteiger partial charge is 0.249 e. The van der Waals surface area contributed by atoms with Crippen molar-refractivity contribution in [2.24, 2.45) is 0 Å². The zero-order valence-corrected chi connectivity index (χ0v) is 5.61. The third kappa shape index (κ3) is 0.980. The lowest BCUT2D eigenvalue weighted by Gasteiger charge is -1.82. The Bertz CT molecular complexity index is 361. The number of nitrogens with one attached hydrogen (secondary N) is 1. The Balaban J connectivity index is 2.83. The van der Waals surface area contributed by atoms with Crippen molar-refractivity contribution in [2.75, 3.05) is 0 Å². The second-order valence-electron chi connectivity index (χ2n) is 2.18. The topological polar surface area (TPSA) is 58.6 Å². The van der Waals surface area contributed by atoms with E-state index in [4.69, 9.17) is 0 Å². The Hall–Kier alpha value is -1.71. The highest BCUT2D eigenvalue weighted by Crippen LogP contribution is 2.11. The van der Waals surface area contributed by atoms with E-state index in [9.17, 15) is 4.79 Å². The van der Waals surface area contributed by atoms with Crippen LogP contribution in [0, 0.1) is 0 Å². The second kappa shape index (κ2) is 2.16. The number of hydrogen-bond acceptors (Lipinski definition) is 3. The molecule has 0 unspecified atom stereocenters. The first-order chi connectivity index (χ1) is 5.36. The number of aromatic amines is 1. The van der Waals surface area contributed by atoms with E-state index in [2.05, 4.69) is 15.2 Å². The van der Waals surface area contributed by atoms with Gasteiger partial charge in [-0.25, -0.2) is 0 Å². The number of fused-ring (bicyclic) bond motifs is 1. The molecular formula is C7H5N3O. The molecule has 0 atom stereocenters. The molecule has 0 aromatic heterocycles. The summed E-state index contributed by atoms with van der Waals surface area (Å²) in [5, 5.41) is 7.33. The molecule has 0 fully saturated rings. The van der Waals surface area contributed by atoms with Crippen LogP contribution >= 0.6 is 0 Å². The molecule has 4 nitrogen and oxygen atoms in total. The summed E-state index contributed by atoms with van der Waals surface area (Å²) in [4.78, 5) is 13.4. The summed E-state index contributed by atoms with van der Waals surface area (Å²) < 4.78 is 0. The molecule has 0 radical (unpaired) electrons. The molecule has 0 spiro atoms. The molecule has 2 rings (SSSR count). The second-order valence-corrected chi connectivity index (χ2v) is 2.18. The number of aromatic nitrogens is 3. The van der Waals surface area contributed by atoms with Crippen LogP contribution in [0.25, 0.3) is 11.3 Å². The summed E-state index contributed by atoms with van der Waals surface area (Å²) in [7, 11) is 0. The molecule has 0 bridgehead atoms. The van der Waals surface area contributed by atoms with E-state index < -0.39 is 0 Å². The standard InChI is InChI=1S/C7H5N3O/c11-7-3-5-4-9-8-2-1-6(5)10-7/h1-4H,(H,10,11). The molecule has 0 aromatic rings. The van der Waals surface area contributed by atoms with E-state index in [1.165, 1.54) is 12.3 Å². The van der Waals surface area contributed by atoms with E-state index in [1.54, 1.807) is 12.3 Å². The molecule has 2 aliphatic rings. The third-order valence-electron chi connectivity index (χ3n) is 1.43. The summed E-state index contributed by atoms with van der Waals surface area (Å²) in [6, 6.07) is 3.20. The van der Waals surface area contributed by atoms with Gasteiger partial charge < -0.3 is 4.98 Å². The average Bonchev–Trinajstić information content (AvgIpc) is 2.17. The van der Waals surface area contributed by atoms with Crippen molar-refractivity contribution < 1.29 is 0 Å². The molecular weight excluding hydrogens is 142 g/mol. The molecule has 0 aromatic carbocycles. The summed E-state index contributed by atoms with van der Waals surface area (Å²) in [5.74, 6) is 0. The Labute approximate surface area is 62.3 Å². The lowest BCUT2D eigenvalue weighted by molar-refractivity contribution is 1.06. The molecule has 54 valence electrons. The minimum absolute atomic E-state index is 0.104. The van der Waals surface area contributed by atoms with Gasteiger partial charge in [0, 0.05) is 11.6 Å². The van der Waals surface area contributed by atoms with Gasteiger partial charge in [0.25, 0.3) is 0 Å². The Morgan fingerprint density at radius 3 is 3.18 bits per heavy atom. The SMILES string of the molecule is O=c1cc2cnnccc-2[nH]1.